The number of ketones is 1. The summed E-state index contributed by atoms with van der Waals surface area (Å²) >= 11 is 0. The van der Waals surface area contributed by atoms with Gasteiger partial charge in [-0.05, 0) is 24.3 Å². The molecule has 25 heavy (non-hydrogen) atoms. The number of rotatable bonds is 4. The summed E-state index contributed by atoms with van der Waals surface area (Å²) in [7, 11) is 1.55. The van der Waals surface area contributed by atoms with Gasteiger partial charge in [0.05, 0.1) is 7.11 Å². The van der Waals surface area contributed by atoms with E-state index in [0.717, 1.165) is 12.1 Å². The highest BCUT2D eigenvalue weighted by atomic mass is 19.4. The lowest BCUT2D eigenvalue weighted by Crippen LogP contribution is -2.22. The molecule has 0 aliphatic carbocycles. The molecule has 0 N–H and O–H groups in total. The Morgan fingerprint density at radius 3 is 2.16 bits per heavy atom. The molecular formula is C17H11F3N2O3. The molecule has 0 aliphatic rings. The third-order valence-corrected chi connectivity index (χ3v) is 3.43. The molecular weight excluding hydrogens is 337 g/mol. The lowest BCUT2D eigenvalue weighted by molar-refractivity contribution is -0.0885. The molecule has 0 aliphatic heterocycles. The van der Waals surface area contributed by atoms with Gasteiger partial charge in [-0.1, -0.05) is 29.4 Å². The minimum atomic E-state index is -4.91. The van der Waals surface area contributed by atoms with Crippen molar-refractivity contribution in [3.05, 3.63) is 54.1 Å². The molecule has 0 unspecified atom stereocenters. The minimum absolute atomic E-state index is 0.205. The summed E-state index contributed by atoms with van der Waals surface area (Å²) in [6.45, 7) is 0. The highest BCUT2D eigenvalue weighted by Gasteiger charge is 2.39. The van der Waals surface area contributed by atoms with Gasteiger partial charge in [0.2, 0.25) is 5.82 Å². The van der Waals surface area contributed by atoms with Gasteiger partial charge in [-0.3, -0.25) is 4.79 Å². The van der Waals surface area contributed by atoms with Gasteiger partial charge < -0.3 is 9.26 Å². The molecule has 0 radical (unpaired) electrons. The molecule has 3 aromatic rings. The molecule has 0 bridgehead atoms. The Hall–Kier alpha value is -3.16. The monoisotopic (exact) mass is 348 g/mol. The zero-order chi connectivity index (χ0) is 18.0. The number of halogens is 3. The molecule has 1 aromatic heterocycles. The van der Waals surface area contributed by atoms with Crippen molar-refractivity contribution >= 4 is 5.78 Å². The van der Waals surface area contributed by atoms with Crippen molar-refractivity contribution in [2.24, 2.45) is 0 Å². The number of carbonyl (C=O) groups excluding carboxylic acids is 1. The summed E-state index contributed by atoms with van der Waals surface area (Å²) < 4.78 is 47.4. The van der Waals surface area contributed by atoms with Gasteiger partial charge in [0, 0.05) is 16.7 Å². The third-order valence-electron chi connectivity index (χ3n) is 3.43. The van der Waals surface area contributed by atoms with Crippen LogP contribution in [0.3, 0.4) is 0 Å². The lowest BCUT2D eigenvalue weighted by atomic mass is 10.1. The first kappa shape index (κ1) is 16.7. The van der Waals surface area contributed by atoms with E-state index in [0.29, 0.717) is 16.9 Å². The highest BCUT2D eigenvalue weighted by Crippen LogP contribution is 2.26. The fourth-order valence-electron chi connectivity index (χ4n) is 2.13. The van der Waals surface area contributed by atoms with Crippen LogP contribution >= 0.6 is 0 Å². The van der Waals surface area contributed by atoms with Crippen molar-refractivity contribution in [3.8, 4) is 28.6 Å². The number of carbonyl (C=O) groups is 1. The van der Waals surface area contributed by atoms with Crippen molar-refractivity contribution in [3.63, 3.8) is 0 Å². The van der Waals surface area contributed by atoms with Gasteiger partial charge in [-0.25, -0.2) is 0 Å². The Morgan fingerprint density at radius 1 is 1.00 bits per heavy atom. The first-order chi connectivity index (χ1) is 11.9. The maximum Gasteiger partial charge on any atom is 0.454 e. The Labute approximate surface area is 140 Å². The second-order valence-corrected chi connectivity index (χ2v) is 5.06. The largest absolute Gasteiger partial charge is 0.497 e. The van der Waals surface area contributed by atoms with E-state index in [1.54, 1.807) is 31.4 Å². The molecule has 0 atom stereocenters. The van der Waals surface area contributed by atoms with E-state index in [9.17, 15) is 18.0 Å². The number of ether oxygens (including phenoxy) is 1. The smallest absolute Gasteiger partial charge is 0.454 e. The van der Waals surface area contributed by atoms with Crippen LogP contribution in [0.5, 0.6) is 5.75 Å². The average Bonchev–Trinajstić information content (AvgIpc) is 3.10. The number of aromatic nitrogens is 2. The summed E-state index contributed by atoms with van der Waals surface area (Å²) in [4.78, 5) is 15.4. The lowest BCUT2D eigenvalue weighted by Gasteiger charge is -2.04. The van der Waals surface area contributed by atoms with Crippen molar-refractivity contribution < 1.29 is 27.2 Å². The SMILES string of the molecule is COc1ccc(-c2nc(-c3ccc(C(=O)C(F)(F)F)cc3)no2)cc1. The van der Waals surface area contributed by atoms with Gasteiger partial charge >= 0.3 is 6.18 Å². The van der Waals surface area contributed by atoms with E-state index in [1.165, 1.54) is 12.1 Å². The number of nitrogens with zero attached hydrogens (tertiary/aromatic N) is 2. The maximum absolute atomic E-state index is 12.4. The zero-order valence-electron chi connectivity index (χ0n) is 12.9. The Morgan fingerprint density at radius 2 is 1.60 bits per heavy atom. The third kappa shape index (κ3) is 3.52. The van der Waals surface area contributed by atoms with E-state index in [1.807, 2.05) is 0 Å². The predicted octanol–water partition coefficient (Wildman–Crippen LogP) is 4.16. The van der Waals surface area contributed by atoms with Crippen LogP contribution in [0.1, 0.15) is 10.4 Å². The van der Waals surface area contributed by atoms with Crippen LogP contribution in [0.25, 0.3) is 22.8 Å². The zero-order valence-corrected chi connectivity index (χ0v) is 12.9. The summed E-state index contributed by atoms with van der Waals surface area (Å²) in [6, 6.07) is 11.8. The first-order valence-corrected chi connectivity index (χ1v) is 7.08. The average molecular weight is 348 g/mol. The highest BCUT2D eigenvalue weighted by molar-refractivity contribution is 6.00. The van der Waals surface area contributed by atoms with Crippen molar-refractivity contribution in [1.82, 2.24) is 10.1 Å². The maximum atomic E-state index is 12.4. The van der Waals surface area contributed by atoms with Crippen LogP contribution < -0.4 is 4.74 Å². The van der Waals surface area contributed by atoms with E-state index in [-0.39, 0.29) is 11.7 Å². The fourth-order valence-corrected chi connectivity index (χ4v) is 2.13. The molecule has 0 amide bonds. The van der Waals surface area contributed by atoms with Crippen molar-refractivity contribution in [2.75, 3.05) is 7.11 Å². The van der Waals surface area contributed by atoms with Crippen LogP contribution in [0, 0.1) is 0 Å². The standard InChI is InChI=1S/C17H11F3N2O3/c1-24-13-8-6-12(7-9-13)16-21-15(22-25-16)11-4-2-10(3-5-11)14(23)17(18,19)20/h2-9H,1H3. The molecule has 0 spiro atoms. The van der Waals surface area contributed by atoms with Crippen LogP contribution in [-0.2, 0) is 0 Å². The van der Waals surface area contributed by atoms with Gasteiger partial charge in [0.25, 0.3) is 11.7 Å². The molecule has 3 rings (SSSR count). The second-order valence-electron chi connectivity index (χ2n) is 5.06. The van der Waals surface area contributed by atoms with E-state index in [2.05, 4.69) is 10.1 Å². The van der Waals surface area contributed by atoms with Gasteiger partial charge in [-0.2, -0.15) is 18.2 Å². The summed E-state index contributed by atoms with van der Waals surface area (Å²) in [5.41, 5.74) is 0.653. The summed E-state index contributed by atoms with van der Waals surface area (Å²) in [6.07, 6.45) is -4.91. The molecule has 8 heteroatoms. The molecule has 2 aromatic carbocycles. The normalized spacial score (nSPS) is 11.4. The van der Waals surface area contributed by atoms with E-state index < -0.39 is 17.5 Å². The van der Waals surface area contributed by atoms with Crippen LogP contribution in [0.2, 0.25) is 0 Å². The number of hydrogen-bond donors (Lipinski definition) is 0. The molecule has 128 valence electrons. The van der Waals surface area contributed by atoms with Crippen molar-refractivity contribution in [2.45, 2.75) is 6.18 Å². The number of methoxy groups -OCH3 is 1. The van der Waals surface area contributed by atoms with Crippen molar-refractivity contribution in [1.29, 1.82) is 0 Å². The number of benzene rings is 2. The molecule has 0 saturated heterocycles. The van der Waals surface area contributed by atoms with Gasteiger partial charge in [0.15, 0.2) is 0 Å². The number of alkyl halides is 3. The topological polar surface area (TPSA) is 65.2 Å². The second kappa shape index (κ2) is 6.39. The van der Waals surface area contributed by atoms with Crippen LogP contribution in [0.15, 0.2) is 53.1 Å². The summed E-state index contributed by atoms with van der Waals surface area (Å²) in [5.74, 6) is -0.760. The molecule has 0 saturated carbocycles. The molecule has 1 heterocycles. The predicted molar refractivity (Wildman–Crippen MR) is 82.1 cm³/mol. The Kier molecular flexibility index (Phi) is 4.26. The van der Waals surface area contributed by atoms with Crippen LogP contribution in [-0.4, -0.2) is 29.2 Å². The van der Waals surface area contributed by atoms with Crippen LogP contribution in [0.4, 0.5) is 13.2 Å². The Balaban J connectivity index is 1.83. The Bertz CT molecular complexity index is 885. The minimum Gasteiger partial charge on any atom is -0.497 e. The van der Waals surface area contributed by atoms with E-state index >= 15 is 0 Å². The molecule has 5 nitrogen and oxygen atoms in total. The first-order valence-electron chi connectivity index (χ1n) is 7.08. The van der Waals surface area contributed by atoms with Gasteiger partial charge in [0.1, 0.15) is 5.75 Å². The fraction of sp³-hybridized carbons (Fsp3) is 0.118. The quantitative estimate of drug-likeness (QED) is 0.663. The number of hydrogen-bond acceptors (Lipinski definition) is 5. The van der Waals surface area contributed by atoms with E-state index in [4.69, 9.17) is 9.26 Å². The summed E-state index contributed by atoms with van der Waals surface area (Å²) in [5, 5.41) is 3.80. The number of Topliss-reactive ketones (excluding diaryl/α,β-unsaturated/α-hetero) is 1. The van der Waals surface area contributed by atoms with Gasteiger partial charge in [-0.15, -0.1) is 0 Å². The molecule has 0 fully saturated rings.